The lowest BCUT2D eigenvalue weighted by Crippen LogP contribution is -2.62. The second-order valence-electron chi connectivity index (χ2n) is 16.2. The Morgan fingerprint density at radius 2 is 1.44 bits per heavy atom. The molecule has 0 bridgehead atoms. The number of benzene rings is 4. The number of carbonyl (C=O) groups excluding carboxylic acids is 2. The van der Waals surface area contributed by atoms with Crippen molar-refractivity contribution < 1.29 is 32.9 Å². The lowest BCUT2D eigenvalue weighted by atomic mass is 9.63. The van der Waals surface area contributed by atoms with E-state index in [-0.39, 0.29) is 37.5 Å². The van der Waals surface area contributed by atoms with E-state index in [0.717, 1.165) is 27.8 Å². The van der Waals surface area contributed by atoms with Crippen molar-refractivity contribution in [2.24, 2.45) is 5.41 Å². The number of imidazole rings is 1. The van der Waals surface area contributed by atoms with Crippen molar-refractivity contribution in [1.82, 2.24) is 24.3 Å². The molecule has 0 aliphatic carbocycles. The molecule has 1 N–H and O–H groups in total. The van der Waals surface area contributed by atoms with Gasteiger partial charge in [-0.15, -0.1) is 0 Å². The second-order valence-corrected chi connectivity index (χ2v) is 19.2. The van der Waals surface area contributed by atoms with Gasteiger partial charge in [0.25, 0.3) is 0 Å². The standard InChI is InChI=1S/C46H49ClN7O7P/c1-45(2,3)42(56)61-44-49-38-30-48-43(50-40(55)29-33-15-7-4-8-16-33)51-41(38)54(44)53-25-28-59-32-39(53)46(35-18-9-5-10-19-35,36-20-11-6-12-21-36)37-22-14-13-17-34(37)31-60-62(47,57)52-23-26-58-27-24-52/h4-22,30,39H,23-29,31-32H2,1-3H3,(H,48,50,51,55). The van der Waals surface area contributed by atoms with Crippen molar-refractivity contribution in [1.29, 1.82) is 0 Å². The van der Waals surface area contributed by atoms with Crippen LogP contribution in [0.3, 0.4) is 0 Å². The molecular weight excluding hydrogens is 829 g/mol. The number of fused-ring (bicyclic) bond motifs is 1. The van der Waals surface area contributed by atoms with Gasteiger partial charge in [-0.1, -0.05) is 115 Å². The highest BCUT2D eigenvalue weighted by atomic mass is 35.7. The predicted molar refractivity (Wildman–Crippen MR) is 237 cm³/mol. The summed E-state index contributed by atoms with van der Waals surface area (Å²) in [7, 11) is 0. The summed E-state index contributed by atoms with van der Waals surface area (Å²) in [4.78, 5) is 41.2. The Bertz CT molecular complexity index is 2510. The number of ether oxygens (including phenoxy) is 3. The van der Waals surface area contributed by atoms with Gasteiger partial charge in [-0.25, -0.2) is 9.65 Å². The van der Waals surface area contributed by atoms with E-state index in [2.05, 4.69) is 45.6 Å². The van der Waals surface area contributed by atoms with Crippen LogP contribution in [0.1, 0.15) is 48.6 Å². The molecule has 8 rings (SSSR count). The van der Waals surface area contributed by atoms with E-state index in [1.807, 2.05) is 84.9 Å². The molecule has 2 unspecified atom stereocenters. The number of hydrogen-bond acceptors (Lipinski definition) is 11. The Labute approximate surface area is 365 Å². The topological polar surface area (TPSA) is 150 Å². The molecule has 2 saturated heterocycles. The predicted octanol–water partition coefficient (Wildman–Crippen LogP) is 7.53. The minimum Gasteiger partial charge on any atom is -0.390 e. The van der Waals surface area contributed by atoms with E-state index in [4.69, 9.17) is 39.9 Å². The van der Waals surface area contributed by atoms with Gasteiger partial charge in [-0.2, -0.15) is 14.6 Å². The van der Waals surface area contributed by atoms with Crippen molar-refractivity contribution in [3.8, 4) is 6.01 Å². The quantitative estimate of drug-likeness (QED) is 0.0695. The lowest BCUT2D eigenvalue weighted by Gasteiger charge is -2.50. The zero-order chi connectivity index (χ0) is 43.3. The zero-order valence-electron chi connectivity index (χ0n) is 34.9. The molecule has 2 atom stereocenters. The van der Waals surface area contributed by atoms with E-state index in [1.165, 1.54) is 6.20 Å². The molecule has 1 amide bonds. The van der Waals surface area contributed by atoms with Crippen molar-refractivity contribution in [2.45, 2.75) is 45.3 Å². The first kappa shape index (κ1) is 43.2. The SMILES string of the molecule is CC(C)(C)C(=O)Oc1nc2cnc(NC(=O)Cc3ccccc3)nc2n1N1CCOCC1C(c1ccccc1)(c1ccccc1)c1ccccc1COP(=O)(Cl)N1CCOCC1. The third-order valence-corrected chi connectivity index (χ3v) is 13.5. The largest absolute Gasteiger partial charge is 0.390 e. The number of carbonyl (C=O) groups is 2. The van der Waals surface area contributed by atoms with Crippen LogP contribution in [0.25, 0.3) is 11.2 Å². The molecule has 16 heteroatoms. The maximum Gasteiger partial charge on any atom is 0.363 e. The Hall–Kier alpha value is -5.47. The fraction of sp³-hybridized carbons (Fsp3) is 0.326. The zero-order valence-corrected chi connectivity index (χ0v) is 36.5. The van der Waals surface area contributed by atoms with Crippen LogP contribution in [-0.2, 0) is 46.6 Å². The number of aromatic nitrogens is 4. The first-order valence-corrected chi connectivity index (χ1v) is 23.1. The molecule has 322 valence electrons. The number of hydrogen-bond donors (Lipinski definition) is 1. The van der Waals surface area contributed by atoms with Crippen LogP contribution in [0.5, 0.6) is 6.01 Å². The molecule has 4 heterocycles. The monoisotopic (exact) mass is 877 g/mol. The van der Waals surface area contributed by atoms with Crippen molar-refractivity contribution >= 4 is 47.1 Å². The van der Waals surface area contributed by atoms with Gasteiger partial charge in [0.2, 0.25) is 11.9 Å². The highest BCUT2D eigenvalue weighted by Crippen LogP contribution is 2.57. The van der Waals surface area contributed by atoms with Gasteiger partial charge in [0.15, 0.2) is 5.65 Å². The number of amides is 1. The average molecular weight is 878 g/mol. The van der Waals surface area contributed by atoms with Gasteiger partial charge in [-0.3, -0.25) is 24.5 Å². The Kier molecular flexibility index (Phi) is 12.9. The number of nitrogens with zero attached hydrogens (tertiary/aromatic N) is 6. The molecule has 2 aliphatic rings. The van der Waals surface area contributed by atoms with Crippen LogP contribution >= 0.6 is 18.1 Å². The van der Waals surface area contributed by atoms with Crippen LogP contribution in [0.4, 0.5) is 5.95 Å². The van der Waals surface area contributed by atoms with Crippen LogP contribution in [0.2, 0.25) is 0 Å². The van der Waals surface area contributed by atoms with Crippen molar-refractivity contribution in [3.63, 3.8) is 0 Å². The molecule has 4 aromatic carbocycles. The van der Waals surface area contributed by atoms with E-state index >= 15 is 0 Å². The van der Waals surface area contributed by atoms with E-state index < -0.39 is 29.7 Å². The Balaban J connectivity index is 1.31. The van der Waals surface area contributed by atoms with Gasteiger partial charge >= 0.3 is 18.9 Å². The summed E-state index contributed by atoms with van der Waals surface area (Å²) in [5, 5.41) is 4.93. The summed E-state index contributed by atoms with van der Waals surface area (Å²) in [5.74, 6) is -0.746. The molecule has 0 spiro atoms. The van der Waals surface area contributed by atoms with Crippen molar-refractivity contribution in [2.75, 3.05) is 56.4 Å². The van der Waals surface area contributed by atoms with Gasteiger partial charge in [0.05, 0.1) is 69.1 Å². The number of morpholine rings is 2. The van der Waals surface area contributed by atoms with Crippen LogP contribution in [0, 0.1) is 5.41 Å². The molecule has 0 saturated carbocycles. The smallest absolute Gasteiger partial charge is 0.363 e. The van der Waals surface area contributed by atoms with E-state index in [0.29, 0.717) is 50.6 Å². The van der Waals surface area contributed by atoms with Crippen molar-refractivity contribution in [3.05, 3.63) is 149 Å². The first-order chi connectivity index (χ1) is 29.9. The molecule has 0 radical (unpaired) electrons. The number of rotatable bonds is 13. The molecule has 2 aliphatic heterocycles. The average Bonchev–Trinajstić information content (AvgIpc) is 3.64. The second kappa shape index (κ2) is 18.5. The third kappa shape index (κ3) is 9.03. The summed E-state index contributed by atoms with van der Waals surface area (Å²) in [6.45, 7) is 3.90. The Morgan fingerprint density at radius 1 is 0.823 bits per heavy atom. The minimum atomic E-state index is -3.74. The highest BCUT2D eigenvalue weighted by molar-refractivity contribution is 7.83. The summed E-state index contributed by atoms with van der Waals surface area (Å²) in [6.07, 6.45) is 1.63. The Morgan fingerprint density at radius 3 is 2.10 bits per heavy atom. The highest BCUT2D eigenvalue weighted by Gasteiger charge is 2.50. The van der Waals surface area contributed by atoms with Gasteiger partial charge in [0.1, 0.15) is 5.52 Å². The van der Waals surface area contributed by atoms with E-state index in [1.54, 1.807) is 30.1 Å². The summed E-state index contributed by atoms with van der Waals surface area (Å²) >= 11 is 6.72. The minimum absolute atomic E-state index is 0.0193. The number of esters is 1. The lowest BCUT2D eigenvalue weighted by molar-refractivity contribution is -0.143. The van der Waals surface area contributed by atoms with Gasteiger partial charge in [0, 0.05) is 13.1 Å². The van der Waals surface area contributed by atoms with Gasteiger partial charge in [-0.05, 0) is 59.8 Å². The maximum atomic E-state index is 14.0. The summed E-state index contributed by atoms with van der Waals surface area (Å²) < 4.78 is 41.6. The first-order valence-electron chi connectivity index (χ1n) is 20.6. The molecule has 14 nitrogen and oxygen atoms in total. The molecule has 2 fully saturated rings. The molecule has 62 heavy (non-hydrogen) atoms. The summed E-state index contributed by atoms with van der Waals surface area (Å²) in [6, 6.07) is 36.9. The van der Waals surface area contributed by atoms with Crippen LogP contribution < -0.4 is 15.1 Å². The van der Waals surface area contributed by atoms with Crippen LogP contribution in [0.15, 0.2) is 121 Å². The van der Waals surface area contributed by atoms with E-state index in [9.17, 15) is 14.2 Å². The summed E-state index contributed by atoms with van der Waals surface area (Å²) in [5.41, 5.74) is 2.98. The fourth-order valence-corrected chi connectivity index (χ4v) is 9.77. The molecular formula is C46H49ClN7O7P. The fourth-order valence-electron chi connectivity index (χ4n) is 8.07. The third-order valence-electron chi connectivity index (χ3n) is 11.1. The maximum absolute atomic E-state index is 14.0. The molecule has 6 aromatic rings. The number of nitrogens with one attached hydrogen (secondary N) is 1. The van der Waals surface area contributed by atoms with Crippen LogP contribution in [-0.4, -0.2) is 88.3 Å². The van der Waals surface area contributed by atoms with Gasteiger partial charge < -0.3 is 18.7 Å². The molecule has 2 aromatic heterocycles. The number of anilines is 1. The number of halogens is 1. The normalized spacial score (nSPS) is 17.4.